The summed E-state index contributed by atoms with van der Waals surface area (Å²) in [4.78, 5) is 43.1. The zero-order valence-electron chi connectivity index (χ0n) is 13.7. The molecule has 0 saturated carbocycles. The van der Waals surface area contributed by atoms with Gasteiger partial charge >= 0.3 is 118 Å². The molecule has 13 heteroatoms. The van der Waals surface area contributed by atoms with Gasteiger partial charge in [0.05, 0.1) is 0 Å². The molecule has 0 spiro atoms. The molecule has 0 bridgehead atoms. The minimum absolute atomic E-state index is 0. The average Bonchev–Trinajstić information content (AvgIpc) is 2.06. The van der Waals surface area contributed by atoms with Crippen LogP contribution >= 0.6 is 15.2 Å². The van der Waals surface area contributed by atoms with Crippen molar-refractivity contribution in [1.29, 1.82) is 0 Å². The second kappa shape index (κ2) is 19.0. The van der Waals surface area contributed by atoms with E-state index in [1.54, 1.807) is 0 Å². The molecule has 0 unspecified atom stereocenters. The van der Waals surface area contributed by atoms with Crippen molar-refractivity contribution in [2.45, 2.75) is 32.6 Å². The molecule has 0 aromatic rings. The Labute approximate surface area is 215 Å². The van der Waals surface area contributed by atoms with E-state index in [1.165, 1.54) is 0 Å². The molecule has 0 aliphatic carbocycles. The van der Waals surface area contributed by atoms with E-state index >= 15 is 0 Å². The first-order valence-corrected chi connectivity index (χ1v) is 8.84. The van der Waals surface area contributed by atoms with Crippen LogP contribution in [0.5, 0.6) is 0 Å². The Morgan fingerprint density at radius 3 is 1.43 bits per heavy atom. The summed E-state index contributed by atoms with van der Waals surface area (Å²) in [7, 11) is -9.67. The van der Waals surface area contributed by atoms with Crippen molar-refractivity contribution in [3.63, 3.8) is 0 Å². The molecule has 0 fully saturated rings. The largest absolute Gasteiger partial charge is 1.00 e. The van der Waals surface area contributed by atoms with Crippen molar-refractivity contribution in [3.8, 4) is 0 Å². The molecule has 21 heavy (non-hydrogen) atoms. The van der Waals surface area contributed by atoms with E-state index in [1.807, 2.05) is 6.92 Å². The van der Waals surface area contributed by atoms with Gasteiger partial charge in [0, 0.05) is 12.6 Å². The van der Waals surface area contributed by atoms with E-state index in [9.17, 15) is 28.7 Å². The van der Waals surface area contributed by atoms with Gasteiger partial charge in [0.1, 0.15) is 0 Å². The third-order valence-corrected chi connectivity index (χ3v) is 3.57. The van der Waals surface area contributed by atoms with Crippen LogP contribution in [0, 0.1) is 0 Å². The zero-order valence-corrected chi connectivity index (χ0v) is 23.5. The molecule has 0 aliphatic heterocycles. The summed E-state index contributed by atoms with van der Waals surface area (Å²) in [6.07, 6.45) is 1.46. The standard InChI is InChI=1S/C8H21NO6P2.4Na/c1-2-3-4-5-6-9(7-16(10,11)12)8-17(13,14)15;;;;/h2-8H2,1H3,(H2,10,11,12)(H2,13,14,15);;;;/q;4*+1/p-4. The number of unbranched alkanes of at least 4 members (excludes halogenated alkanes) is 3. The first-order valence-electron chi connectivity index (χ1n) is 5.38. The van der Waals surface area contributed by atoms with Crippen molar-refractivity contribution in [3.05, 3.63) is 0 Å². The Morgan fingerprint density at radius 2 is 1.14 bits per heavy atom. The number of rotatable bonds is 9. The Bertz CT molecular complexity index is 289. The van der Waals surface area contributed by atoms with E-state index in [4.69, 9.17) is 0 Å². The Morgan fingerprint density at radius 1 is 0.762 bits per heavy atom. The summed E-state index contributed by atoms with van der Waals surface area (Å²) in [6, 6.07) is 0. The molecule has 0 atom stereocenters. The fourth-order valence-electron chi connectivity index (χ4n) is 1.44. The van der Waals surface area contributed by atoms with Gasteiger partial charge < -0.3 is 28.7 Å². The molecular weight excluding hydrogens is 360 g/mol. The summed E-state index contributed by atoms with van der Waals surface area (Å²) in [5.41, 5.74) is 0. The maximum atomic E-state index is 10.6. The second-order valence-corrected chi connectivity index (χ2v) is 6.97. The maximum absolute atomic E-state index is 10.6. The summed E-state index contributed by atoms with van der Waals surface area (Å²) in [5, 5.41) is 0. The zero-order chi connectivity index (χ0) is 13.5. The van der Waals surface area contributed by atoms with Crippen molar-refractivity contribution in [2.24, 2.45) is 0 Å². The van der Waals surface area contributed by atoms with Gasteiger partial charge in [-0.05, 0) is 13.0 Å². The number of nitrogens with zero attached hydrogens (tertiary/aromatic N) is 1. The molecular formula is C8H17NNa4O6P2. The van der Waals surface area contributed by atoms with Gasteiger partial charge in [-0.1, -0.05) is 41.4 Å². The van der Waals surface area contributed by atoms with Crippen LogP contribution in [0.4, 0.5) is 0 Å². The Hall–Kier alpha value is 4.26. The normalized spacial score (nSPS) is 10.8. The van der Waals surface area contributed by atoms with Crippen molar-refractivity contribution >= 4 is 15.2 Å². The molecule has 0 radical (unpaired) electrons. The minimum Gasteiger partial charge on any atom is -0.810 e. The van der Waals surface area contributed by atoms with Gasteiger partial charge in [-0.15, -0.1) is 0 Å². The summed E-state index contributed by atoms with van der Waals surface area (Å²) in [6.45, 7) is 2.12. The van der Waals surface area contributed by atoms with Crippen LogP contribution < -0.4 is 138 Å². The fraction of sp³-hybridized carbons (Fsp3) is 1.00. The molecule has 0 heterocycles. The average molecular weight is 377 g/mol. The van der Waals surface area contributed by atoms with Crippen LogP contribution in [0.3, 0.4) is 0 Å². The summed E-state index contributed by atoms with van der Waals surface area (Å²) >= 11 is 0. The van der Waals surface area contributed by atoms with E-state index in [0.717, 1.165) is 24.2 Å². The van der Waals surface area contributed by atoms with Crippen LogP contribution in [0.15, 0.2) is 0 Å². The van der Waals surface area contributed by atoms with Crippen LogP contribution in [0.1, 0.15) is 32.6 Å². The summed E-state index contributed by atoms with van der Waals surface area (Å²) in [5.74, 6) is 0. The van der Waals surface area contributed by atoms with Crippen LogP contribution in [-0.2, 0) is 9.13 Å². The number of hydrogen-bond acceptors (Lipinski definition) is 7. The maximum Gasteiger partial charge on any atom is 1.00 e. The predicted molar refractivity (Wildman–Crippen MR) is 55.8 cm³/mol. The van der Waals surface area contributed by atoms with Crippen LogP contribution in [0.2, 0.25) is 0 Å². The van der Waals surface area contributed by atoms with Crippen LogP contribution in [0.25, 0.3) is 0 Å². The Kier molecular flexibility index (Phi) is 32.8. The molecule has 0 amide bonds. The van der Waals surface area contributed by atoms with E-state index in [-0.39, 0.29) is 125 Å². The molecule has 0 saturated heterocycles. The molecule has 0 rings (SSSR count). The molecule has 104 valence electrons. The van der Waals surface area contributed by atoms with Gasteiger partial charge in [-0.25, -0.2) is 0 Å². The monoisotopic (exact) mass is 377 g/mol. The van der Waals surface area contributed by atoms with Gasteiger partial charge in [-0.2, -0.15) is 0 Å². The minimum atomic E-state index is -4.84. The molecule has 0 aromatic carbocycles. The first kappa shape index (κ1) is 36.2. The van der Waals surface area contributed by atoms with E-state index < -0.39 is 27.8 Å². The van der Waals surface area contributed by atoms with Gasteiger partial charge in [0.25, 0.3) is 0 Å². The SMILES string of the molecule is CCCCCCN(CP(=O)([O-])[O-])CP(=O)([O-])[O-].[Na+].[Na+].[Na+].[Na+]. The quantitative estimate of drug-likeness (QED) is 0.222. The predicted octanol–water partition coefficient (Wildman–Crippen LogP) is -13.4. The number of hydrogen-bond donors (Lipinski definition) is 0. The van der Waals surface area contributed by atoms with E-state index in [0.29, 0.717) is 6.42 Å². The molecule has 0 N–H and O–H groups in total. The van der Waals surface area contributed by atoms with Crippen molar-refractivity contribution in [2.75, 3.05) is 19.1 Å². The fourth-order valence-corrected chi connectivity index (χ4v) is 3.06. The van der Waals surface area contributed by atoms with Gasteiger partial charge in [0.2, 0.25) is 0 Å². The first-order chi connectivity index (χ1) is 7.64. The molecule has 7 nitrogen and oxygen atoms in total. The smallest absolute Gasteiger partial charge is 0.810 e. The third kappa shape index (κ3) is 29.3. The topological polar surface area (TPSA) is 130 Å². The summed E-state index contributed by atoms with van der Waals surface area (Å²) < 4.78 is 21.1. The molecule has 0 aliphatic rings. The van der Waals surface area contributed by atoms with Gasteiger partial charge in [0.15, 0.2) is 0 Å². The van der Waals surface area contributed by atoms with Crippen molar-refractivity contribution < 1.29 is 147 Å². The second-order valence-electron chi connectivity index (χ2n) is 3.96. The van der Waals surface area contributed by atoms with Crippen LogP contribution in [-0.4, -0.2) is 24.0 Å². The van der Waals surface area contributed by atoms with E-state index in [2.05, 4.69) is 0 Å². The Balaban J connectivity index is -0.000000213. The van der Waals surface area contributed by atoms with Crippen molar-refractivity contribution in [1.82, 2.24) is 4.90 Å². The molecule has 0 aromatic heterocycles. The third-order valence-electron chi connectivity index (χ3n) is 2.07. The van der Waals surface area contributed by atoms with Gasteiger partial charge in [-0.3, -0.25) is 4.90 Å².